The Kier molecular flexibility index (Phi) is 5.62. The summed E-state index contributed by atoms with van der Waals surface area (Å²) in [5, 5.41) is 7.14. The number of hydrogen-bond acceptors (Lipinski definition) is 4. The first-order valence-corrected chi connectivity index (χ1v) is 6.08. The lowest BCUT2D eigenvalue weighted by molar-refractivity contribution is -0.131. The van der Waals surface area contributed by atoms with Crippen molar-refractivity contribution in [2.75, 3.05) is 26.2 Å². The zero-order valence-electron chi connectivity index (χ0n) is 10.9. The van der Waals surface area contributed by atoms with Crippen LogP contribution in [0.25, 0.3) is 0 Å². The van der Waals surface area contributed by atoms with Crippen LogP contribution in [0.15, 0.2) is 4.52 Å². The molecule has 1 aliphatic rings. The van der Waals surface area contributed by atoms with E-state index in [1.165, 1.54) is 0 Å². The van der Waals surface area contributed by atoms with Gasteiger partial charge in [0.2, 0.25) is 5.91 Å². The highest BCUT2D eigenvalue weighted by Gasteiger charge is 2.17. The highest BCUT2D eigenvalue weighted by atomic mass is 35.5. The van der Waals surface area contributed by atoms with Gasteiger partial charge in [0, 0.05) is 38.2 Å². The van der Waals surface area contributed by atoms with E-state index < -0.39 is 0 Å². The lowest BCUT2D eigenvalue weighted by Crippen LogP contribution is -2.46. The van der Waals surface area contributed by atoms with Crippen molar-refractivity contribution in [1.82, 2.24) is 15.4 Å². The van der Waals surface area contributed by atoms with Crippen molar-refractivity contribution in [3.05, 3.63) is 17.0 Å². The fraction of sp³-hybridized carbons (Fsp3) is 0.667. The van der Waals surface area contributed by atoms with Gasteiger partial charge in [-0.15, -0.1) is 12.4 Å². The van der Waals surface area contributed by atoms with Gasteiger partial charge in [0.15, 0.2) is 0 Å². The van der Waals surface area contributed by atoms with Crippen LogP contribution in [0.5, 0.6) is 0 Å². The topological polar surface area (TPSA) is 58.4 Å². The Morgan fingerprint density at radius 1 is 1.39 bits per heavy atom. The summed E-state index contributed by atoms with van der Waals surface area (Å²) in [5.74, 6) is 1.06. The van der Waals surface area contributed by atoms with Crippen molar-refractivity contribution < 1.29 is 9.32 Å². The summed E-state index contributed by atoms with van der Waals surface area (Å²) in [7, 11) is 0. The fourth-order valence-electron chi connectivity index (χ4n) is 2.16. The van der Waals surface area contributed by atoms with Crippen LogP contribution in [0.3, 0.4) is 0 Å². The van der Waals surface area contributed by atoms with Crippen LogP contribution in [0.1, 0.15) is 23.4 Å². The number of carbonyl (C=O) groups excluding carboxylic acids is 1. The molecule has 0 bridgehead atoms. The van der Waals surface area contributed by atoms with Gasteiger partial charge in [-0.1, -0.05) is 5.16 Å². The van der Waals surface area contributed by atoms with Gasteiger partial charge in [-0.3, -0.25) is 4.79 Å². The predicted molar refractivity (Wildman–Crippen MR) is 71.0 cm³/mol. The zero-order chi connectivity index (χ0) is 12.3. The van der Waals surface area contributed by atoms with E-state index in [2.05, 4.69) is 10.5 Å². The second-order valence-corrected chi connectivity index (χ2v) is 4.43. The maximum absolute atomic E-state index is 12.0. The Morgan fingerprint density at radius 2 is 2.06 bits per heavy atom. The molecule has 0 atom stereocenters. The van der Waals surface area contributed by atoms with Gasteiger partial charge < -0.3 is 14.7 Å². The summed E-state index contributed by atoms with van der Waals surface area (Å²) in [6.45, 7) is 7.25. The summed E-state index contributed by atoms with van der Waals surface area (Å²) in [6, 6.07) is 0. The van der Waals surface area contributed by atoms with E-state index in [0.29, 0.717) is 6.42 Å². The van der Waals surface area contributed by atoms with Gasteiger partial charge >= 0.3 is 0 Å². The second kappa shape index (κ2) is 6.75. The van der Waals surface area contributed by atoms with E-state index in [4.69, 9.17) is 4.52 Å². The van der Waals surface area contributed by atoms with E-state index in [1.54, 1.807) is 0 Å². The molecule has 1 aromatic heterocycles. The minimum Gasteiger partial charge on any atom is -0.361 e. The lowest BCUT2D eigenvalue weighted by atomic mass is 10.1. The molecule has 0 saturated carbocycles. The normalized spacial score (nSPS) is 15.3. The van der Waals surface area contributed by atoms with Gasteiger partial charge in [-0.25, -0.2) is 0 Å². The van der Waals surface area contributed by atoms with Crippen LogP contribution in [0.2, 0.25) is 0 Å². The van der Waals surface area contributed by atoms with E-state index in [9.17, 15) is 4.79 Å². The molecule has 0 radical (unpaired) electrons. The maximum atomic E-state index is 12.0. The van der Waals surface area contributed by atoms with Crippen LogP contribution in [0, 0.1) is 13.8 Å². The lowest BCUT2D eigenvalue weighted by Gasteiger charge is -2.27. The molecule has 0 spiro atoms. The number of piperazine rings is 1. The summed E-state index contributed by atoms with van der Waals surface area (Å²) < 4.78 is 5.09. The Labute approximate surface area is 113 Å². The fourth-order valence-corrected chi connectivity index (χ4v) is 2.16. The molecule has 0 unspecified atom stereocenters. The quantitative estimate of drug-likeness (QED) is 0.895. The molecule has 6 heteroatoms. The molecule has 1 saturated heterocycles. The third-order valence-electron chi connectivity index (χ3n) is 3.24. The third-order valence-corrected chi connectivity index (χ3v) is 3.24. The van der Waals surface area contributed by atoms with Crippen molar-refractivity contribution in [3.63, 3.8) is 0 Å². The number of rotatable bonds is 3. The number of amides is 1. The van der Waals surface area contributed by atoms with Crippen molar-refractivity contribution in [3.8, 4) is 0 Å². The molecule has 1 fully saturated rings. The largest absolute Gasteiger partial charge is 0.361 e. The average molecular weight is 274 g/mol. The molecule has 2 heterocycles. The highest BCUT2D eigenvalue weighted by molar-refractivity contribution is 5.85. The Hall–Kier alpha value is -1.07. The molecular formula is C12H20ClN3O2. The second-order valence-electron chi connectivity index (χ2n) is 4.43. The van der Waals surface area contributed by atoms with Crippen LogP contribution in [-0.4, -0.2) is 42.1 Å². The number of aryl methyl sites for hydroxylation is 2. The molecule has 1 aliphatic heterocycles. The van der Waals surface area contributed by atoms with Gasteiger partial charge in [0.1, 0.15) is 5.76 Å². The number of carbonyl (C=O) groups is 1. The molecule has 1 aromatic rings. The minimum absolute atomic E-state index is 0. The molecule has 18 heavy (non-hydrogen) atoms. The first kappa shape index (κ1) is 15.0. The summed E-state index contributed by atoms with van der Waals surface area (Å²) in [5.41, 5.74) is 1.98. The molecule has 1 N–H and O–H groups in total. The standard InChI is InChI=1S/C12H19N3O2.ClH/c1-9-11(10(2)17-14-9)3-4-12(16)15-7-5-13-6-8-15;/h13H,3-8H2,1-2H3;1H. The maximum Gasteiger partial charge on any atom is 0.222 e. The Morgan fingerprint density at radius 3 is 2.61 bits per heavy atom. The zero-order valence-corrected chi connectivity index (χ0v) is 11.7. The molecule has 0 aliphatic carbocycles. The van der Waals surface area contributed by atoms with Crippen LogP contribution < -0.4 is 5.32 Å². The number of hydrogen-bond donors (Lipinski definition) is 1. The van der Waals surface area contributed by atoms with E-state index in [0.717, 1.165) is 49.6 Å². The smallest absolute Gasteiger partial charge is 0.222 e. The minimum atomic E-state index is 0. The van der Waals surface area contributed by atoms with Gasteiger partial charge in [0.05, 0.1) is 5.69 Å². The van der Waals surface area contributed by atoms with Crippen molar-refractivity contribution >= 4 is 18.3 Å². The van der Waals surface area contributed by atoms with Crippen LogP contribution in [-0.2, 0) is 11.2 Å². The summed E-state index contributed by atoms with van der Waals surface area (Å²) in [6.07, 6.45) is 1.27. The van der Waals surface area contributed by atoms with Gasteiger partial charge in [0.25, 0.3) is 0 Å². The molecule has 2 rings (SSSR count). The first-order valence-electron chi connectivity index (χ1n) is 6.08. The van der Waals surface area contributed by atoms with Crippen LogP contribution >= 0.6 is 12.4 Å². The van der Waals surface area contributed by atoms with E-state index in [-0.39, 0.29) is 18.3 Å². The number of aromatic nitrogens is 1. The van der Waals surface area contributed by atoms with Crippen molar-refractivity contribution in [2.45, 2.75) is 26.7 Å². The number of nitrogens with one attached hydrogen (secondary N) is 1. The Bertz CT molecular complexity index is 381. The van der Waals surface area contributed by atoms with E-state index >= 15 is 0 Å². The van der Waals surface area contributed by atoms with Crippen molar-refractivity contribution in [2.24, 2.45) is 0 Å². The first-order chi connectivity index (χ1) is 8.18. The molecule has 1 amide bonds. The molecule has 0 aromatic carbocycles. The van der Waals surface area contributed by atoms with Gasteiger partial charge in [-0.05, 0) is 20.3 Å². The Balaban J connectivity index is 0.00000162. The number of halogens is 1. The number of nitrogens with zero attached hydrogens (tertiary/aromatic N) is 2. The predicted octanol–water partition coefficient (Wildman–Crippen LogP) is 1.08. The SMILES string of the molecule is Cc1noc(C)c1CCC(=O)N1CCNCC1.Cl. The summed E-state index contributed by atoms with van der Waals surface area (Å²) >= 11 is 0. The molecule has 5 nitrogen and oxygen atoms in total. The van der Waals surface area contributed by atoms with Gasteiger partial charge in [-0.2, -0.15) is 0 Å². The highest BCUT2D eigenvalue weighted by Crippen LogP contribution is 2.15. The molecule has 102 valence electrons. The average Bonchev–Trinajstić information content (AvgIpc) is 2.67. The monoisotopic (exact) mass is 273 g/mol. The molecular weight excluding hydrogens is 254 g/mol. The third kappa shape index (κ3) is 3.46. The summed E-state index contributed by atoms with van der Waals surface area (Å²) in [4.78, 5) is 13.9. The van der Waals surface area contributed by atoms with Crippen LogP contribution in [0.4, 0.5) is 0 Å². The van der Waals surface area contributed by atoms with E-state index in [1.807, 2.05) is 18.7 Å². The van der Waals surface area contributed by atoms with Crippen molar-refractivity contribution in [1.29, 1.82) is 0 Å².